The molecule has 0 saturated heterocycles. The van der Waals surface area contributed by atoms with Gasteiger partial charge in [0.2, 0.25) is 5.76 Å². The minimum Gasteiger partial charge on any atom is -0.465 e. The van der Waals surface area contributed by atoms with Gasteiger partial charge in [-0.2, -0.15) is 0 Å². The maximum absolute atomic E-state index is 13.6. The number of amides is 1. The monoisotopic (exact) mass is 462 g/mol. The summed E-state index contributed by atoms with van der Waals surface area (Å²) in [4.78, 5) is 43.0. The van der Waals surface area contributed by atoms with Crippen LogP contribution in [0.3, 0.4) is 0 Å². The van der Waals surface area contributed by atoms with Crippen molar-refractivity contribution in [3.8, 4) is 0 Å². The predicted octanol–water partition coefficient (Wildman–Crippen LogP) is 4.17. The molecule has 0 aliphatic carbocycles. The van der Waals surface area contributed by atoms with Crippen LogP contribution in [0.2, 0.25) is 0 Å². The summed E-state index contributed by atoms with van der Waals surface area (Å²) in [6.07, 6.45) is 0.769. The van der Waals surface area contributed by atoms with Crippen LogP contribution in [0.4, 0.5) is 0 Å². The first-order chi connectivity index (χ1) is 16.4. The topological polar surface area (TPSA) is 80.1 Å². The molecule has 1 aliphatic heterocycles. The normalized spacial score (nSPS) is 15.3. The zero-order valence-corrected chi connectivity index (χ0v) is 20.1. The molecule has 2 aromatic carbocycles. The number of methoxy groups -OCH3 is 1. The van der Waals surface area contributed by atoms with Crippen molar-refractivity contribution in [2.45, 2.75) is 33.2 Å². The Morgan fingerprint density at radius 2 is 1.79 bits per heavy atom. The molecule has 0 N–H and O–H groups in total. The second kappa shape index (κ2) is 9.81. The molecule has 0 spiro atoms. The highest BCUT2D eigenvalue weighted by Crippen LogP contribution is 2.38. The zero-order chi connectivity index (χ0) is 24.4. The van der Waals surface area contributed by atoms with E-state index in [1.54, 1.807) is 41.3 Å². The van der Waals surface area contributed by atoms with E-state index in [2.05, 4.69) is 18.7 Å². The van der Waals surface area contributed by atoms with Gasteiger partial charge >= 0.3 is 5.97 Å². The van der Waals surface area contributed by atoms with Crippen molar-refractivity contribution >= 4 is 22.8 Å². The molecule has 1 unspecified atom stereocenters. The van der Waals surface area contributed by atoms with E-state index >= 15 is 0 Å². The van der Waals surface area contributed by atoms with Crippen LogP contribution in [0, 0.1) is 6.92 Å². The number of ether oxygens (including phenoxy) is 1. The lowest BCUT2D eigenvalue weighted by Crippen LogP contribution is -2.33. The number of carbonyl (C=O) groups excluding carboxylic acids is 2. The number of nitrogens with zero attached hydrogens (tertiary/aromatic N) is 2. The fourth-order valence-corrected chi connectivity index (χ4v) is 4.64. The van der Waals surface area contributed by atoms with E-state index in [1.165, 1.54) is 7.11 Å². The third kappa shape index (κ3) is 4.23. The smallest absolute Gasteiger partial charge is 0.337 e. The molecule has 7 heteroatoms. The second-order valence-electron chi connectivity index (χ2n) is 8.57. The summed E-state index contributed by atoms with van der Waals surface area (Å²) in [5.74, 6) is -0.617. The van der Waals surface area contributed by atoms with Gasteiger partial charge in [-0.25, -0.2) is 4.79 Å². The van der Waals surface area contributed by atoms with Crippen molar-refractivity contribution in [1.82, 2.24) is 9.80 Å². The number of hydrogen-bond acceptors (Lipinski definition) is 6. The van der Waals surface area contributed by atoms with Gasteiger partial charge in [0.15, 0.2) is 5.43 Å². The third-order valence-electron chi connectivity index (χ3n) is 6.54. The molecular weight excluding hydrogens is 432 g/mol. The maximum atomic E-state index is 13.6. The van der Waals surface area contributed by atoms with E-state index in [0.717, 1.165) is 37.2 Å². The number of rotatable bonds is 8. The largest absolute Gasteiger partial charge is 0.465 e. The van der Waals surface area contributed by atoms with E-state index in [9.17, 15) is 14.4 Å². The van der Waals surface area contributed by atoms with Crippen LogP contribution < -0.4 is 5.43 Å². The average Bonchev–Trinajstić information content (AvgIpc) is 3.13. The summed E-state index contributed by atoms with van der Waals surface area (Å²) in [6.45, 7) is 9.35. The molecule has 0 saturated carbocycles. The summed E-state index contributed by atoms with van der Waals surface area (Å²) in [6, 6.07) is 11.7. The number of aryl methyl sites for hydroxylation is 1. The van der Waals surface area contributed by atoms with Crippen LogP contribution in [0.15, 0.2) is 51.7 Å². The van der Waals surface area contributed by atoms with Crippen LogP contribution in [-0.4, -0.2) is 55.0 Å². The SMILES string of the molecule is CCN(CC)CCCN1C(=O)c2oc3ccc(C)cc3c(=O)c2C1c1ccc(C(=O)OC)cc1. The number of hydrogen-bond donors (Lipinski definition) is 0. The van der Waals surface area contributed by atoms with Gasteiger partial charge in [0, 0.05) is 6.54 Å². The molecule has 2 heterocycles. The van der Waals surface area contributed by atoms with Crippen molar-refractivity contribution in [3.05, 3.63) is 80.7 Å². The van der Waals surface area contributed by atoms with Crippen LogP contribution in [0.25, 0.3) is 11.0 Å². The fraction of sp³-hybridized carbons (Fsp3) is 0.370. The Morgan fingerprint density at radius 3 is 2.44 bits per heavy atom. The van der Waals surface area contributed by atoms with E-state index in [4.69, 9.17) is 9.15 Å². The van der Waals surface area contributed by atoms with Gasteiger partial charge in [-0.15, -0.1) is 0 Å². The molecule has 0 radical (unpaired) electrons. The van der Waals surface area contributed by atoms with E-state index in [-0.39, 0.29) is 17.1 Å². The van der Waals surface area contributed by atoms with Gasteiger partial charge in [0.1, 0.15) is 5.58 Å². The van der Waals surface area contributed by atoms with Gasteiger partial charge in [0.25, 0.3) is 5.91 Å². The van der Waals surface area contributed by atoms with Crippen LogP contribution in [-0.2, 0) is 4.74 Å². The van der Waals surface area contributed by atoms with E-state index < -0.39 is 12.0 Å². The van der Waals surface area contributed by atoms with Crippen LogP contribution in [0.5, 0.6) is 0 Å². The predicted molar refractivity (Wildman–Crippen MR) is 130 cm³/mol. The third-order valence-corrected chi connectivity index (χ3v) is 6.54. The molecule has 34 heavy (non-hydrogen) atoms. The Balaban J connectivity index is 1.79. The Hall–Kier alpha value is -3.45. The highest BCUT2D eigenvalue weighted by Gasteiger charge is 2.42. The summed E-state index contributed by atoms with van der Waals surface area (Å²) < 4.78 is 10.8. The first kappa shape index (κ1) is 23.7. The summed E-state index contributed by atoms with van der Waals surface area (Å²) >= 11 is 0. The minimum absolute atomic E-state index is 0.103. The van der Waals surface area contributed by atoms with Crippen molar-refractivity contribution in [2.75, 3.05) is 33.3 Å². The molecule has 1 amide bonds. The first-order valence-corrected chi connectivity index (χ1v) is 11.7. The molecule has 1 aromatic heterocycles. The van der Waals surface area contributed by atoms with Crippen molar-refractivity contribution < 1.29 is 18.7 Å². The standard InChI is InChI=1S/C27H30N2O5/c1-5-28(6-2)14-7-15-29-23(18-9-11-19(12-10-18)27(32)33-4)22-24(30)20-16-17(3)8-13-21(20)34-25(22)26(29)31/h8-13,16,23H,5-7,14-15H2,1-4H3. The van der Waals surface area contributed by atoms with Gasteiger partial charge < -0.3 is 19.0 Å². The molecule has 0 bridgehead atoms. The maximum Gasteiger partial charge on any atom is 0.337 e. The van der Waals surface area contributed by atoms with Gasteiger partial charge in [0.05, 0.1) is 29.7 Å². The lowest BCUT2D eigenvalue weighted by atomic mass is 9.97. The number of benzene rings is 2. The van der Waals surface area contributed by atoms with E-state index in [0.29, 0.717) is 28.6 Å². The highest BCUT2D eigenvalue weighted by molar-refractivity contribution is 5.99. The van der Waals surface area contributed by atoms with Crippen LogP contribution in [0.1, 0.15) is 63.9 Å². The quantitative estimate of drug-likeness (QED) is 0.468. The Labute approximate surface area is 198 Å². The fourth-order valence-electron chi connectivity index (χ4n) is 4.64. The number of fused-ring (bicyclic) bond motifs is 2. The molecule has 7 nitrogen and oxygen atoms in total. The van der Waals surface area contributed by atoms with E-state index in [1.807, 2.05) is 13.0 Å². The molecule has 1 atom stereocenters. The molecule has 4 rings (SSSR count). The van der Waals surface area contributed by atoms with Gasteiger partial charge in [-0.1, -0.05) is 37.6 Å². The Morgan fingerprint density at radius 1 is 1.09 bits per heavy atom. The van der Waals surface area contributed by atoms with Gasteiger partial charge in [-0.3, -0.25) is 9.59 Å². The van der Waals surface area contributed by atoms with Crippen LogP contribution >= 0.6 is 0 Å². The summed E-state index contributed by atoms with van der Waals surface area (Å²) in [5, 5.41) is 0.465. The molecule has 1 aliphatic rings. The van der Waals surface area contributed by atoms with Crippen molar-refractivity contribution in [1.29, 1.82) is 0 Å². The summed E-state index contributed by atoms with van der Waals surface area (Å²) in [5.41, 5.74) is 2.68. The lowest BCUT2D eigenvalue weighted by Gasteiger charge is -2.26. The lowest BCUT2D eigenvalue weighted by molar-refractivity contribution is 0.0599. The van der Waals surface area contributed by atoms with Gasteiger partial charge in [-0.05, 0) is 62.8 Å². The molecule has 3 aromatic rings. The Bertz CT molecular complexity index is 1270. The minimum atomic E-state index is -0.577. The highest BCUT2D eigenvalue weighted by atomic mass is 16.5. The Kier molecular flexibility index (Phi) is 6.84. The average molecular weight is 463 g/mol. The molecule has 0 fully saturated rings. The summed E-state index contributed by atoms with van der Waals surface area (Å²) in [7, 11) is 1.33. The number of esters is 1. The number of carbonyl (C=O) groups is 2. The molecular formula is C27H30N2O5. The van der Waals surface area contributed by atoms with Crippen molar-refractivity contribution in [2.24, 2.45) is 0 Å². The zero-order valence-electron chi connectivity index (χ0n) is 20.1. The molecule has 178 valence electrons. The first-order valence-electron chi connectivity index (χ1n) is 11.7. The second-order valence-corrected chi connectivity index (χ2v) is 8.57. The van der Waals surface area contributed by atoms with Crippen molar-refractivity contribution in [3.63, 3.8) is 0 Å².